The highest BCUT2D eigenvalue weighted by Gasteiger charge is 2.17. The third-order valence-electron chi connectivity index (χ3n) is 2.44. The maximum Gasteiger partial charge on any atom is 0.322 e. The van der Waals surface area contributed by atoms with Gasteiger partial charge in [0.15, 0.2) is 0 Å². The van der Waals surface area contributed by atoms with Gasteiger partial charge in [-0.1, -0.05) is 11.2 Å². The van der Waals surface area contributed by atoms with Gasteiger partial charge in [0.2, 0.25) is 5.89 Å². The molecule has 0 spiro atoms. The number of hydrogen-bond donors (Lipinski definition) is 0. The van der Waals surface area contributed by atoms with Crippen molar-refractivity contribution in [3.8, 4) is 0 Å². The number of aromatic nitrogens is 2. The second-order valence-corrected chi connectivity index (χ2v) is 4.42. The highest BCUT2D eigenvalue weighted by Crippen LogP contribution is 2.27. The van der Waals surface area contributed by atoms with Crippen LogP contribution in [0.3, 0.4) is 0 Å². The Bertz CT molecular complexity index is 530. The van der Waals surface area contributed by atoms with Crippen LogP contribution in [0.25, 0.3) is 0 Å². The summed E-state index contributed by atoms with van der Waals surface area (Å²) in [7, 11) is 0. The number of benzene rings is 1. The molecule has 0 radical (unpaired) electrons. The van der Waals surface area contributed by atoms with E-state index < -0.39 is 0 Å². The van der Waals surface area contributed by atoms with E-state index in [0.29, 0.717) is 24.1 Å². The van der Waals surface area contributed by atoms with E-state index in [-0.39, 0.29) is 11.2 Å². The van der Waals surface area contributed by atoms with E-state index in [9.17, 15) is 4.39 Å². The largest absolute Gasteiger partial charge is 0.406 e. The molecule has 0 bridgehead atoms. The smallest absolute Gasteiger partial charge is 0.322 e. The summed E-state index contributed by atoms with van der Waals surface area (Å²) in [5.41, 5.74) is 0.662. The fourth-order valence-electron chi connectivity index (χ4n) is 1.57. The minimum atomic E-state index is -0.350. The zero-order valence-electron chi connectivity index (χ0n) is 10.1. The molecule has 0 aliphatic rings. The van der Waals surface area contributed by atoms with Crippen LogP contribution in [-0.2, 0) is 0 Å². The Kier molecular flexibility index (Phi) is 3.81. The van der Waals surface area contributed by atoms with E-state index in [2.05, 4.69) is 10.2 Å². The van der Waals surface area contributed by atoms with Crippen molar-refractivity contribution in [1.82, 2.24) is 10.2 Å². The summed E-state index contributed by atoms with van der Waals surface area (Å²) in [5.74, 6) is 0.0397. The zero-order chi connectivity index (χ0) is 13.1. The van der Waals surface area contributed by atoms with Crippen LogP contribution >= 0.6 is 11.6 Å². The normalized spacial score (nSPS) is 12.4. The SMILES string of the molecule is CCN(c1cccc(F)c1)c1nnc(C(C)Cl)o1. The van der Waals surface area contributed by atoms with Gasteiger partial charge in [0.25, 0.3) is 0 Å². The monoisotopic (exact) mass is 269 g/mol. The Balaban J connectivity index is 2.33. The van der Waals surface area contributed by atoms with Gasteiger partial charge in [-0.15, -0.1) is 16.7 Å². The quantitative estimate of drug-likeness (QED) is 0.794. The standard InChI is InChI=1S/C12H13ClFN3O/c1-3-17(10-6-4-5-9(14)7-10)12-16-15-11(18-12)8(2)13/h4-8H,3H2,1-2H3. The molecule has 2 rings (SSSR count). The first-order valence-electron chi connectivity index (χ1n) is 5.62. The van der Waals surface area contributed by atoms with Crippen LogP contribution in [0.5, 0.6) is 0 Å². The molecule has 18 heavy (non-hydrogen) atoms. The molecule has 1 unspecified atom stereocenters. The maximum absolute atomic E-state index is 13.2. The molecule has 2 aromatic rings. The summed E-state index contributed by atoms with van der Waals surface area (Å²) in [5, 5.41) is 7.42. The minimum Gasteiger partial charge on any atom is -0.406 e. The molecule has 1 heterocycles. The van der Waals surface area contributed by atoms with Crippen molar-refractivity contribution in [1.29, 1.82) is 0 Å². The van der Waals surface area contributed by atoms with Crippen molar-refractivity contribution >= 4 is 23.3 Å². The molecular formula is C12H13ClFN3O. The van der Waals surface area contributed by atoms with E-state index in [1.54, 1.807) is 24.0 Å². The van der Waals surface area contributed by atoms with Gasteiger partial charge in [0.05, 0.1) is 0 Å². The second kappa shape index (κ2) is 5.35. The molecule has 1 aromatic carbocycles. The van der Waals surface area contributed by atoms with Gasteiger partial charge in [-0.3, -0.25) is 4.90 Å². The third kappa shape index (κ3) is 2.61. The van der Waals surface area contributed by atoms with Crippen molar-refractivity contribution in [3.63, 3.8) is 0 Å². The van der Waals surface area contributed by atoms with Crippen LogP contribution in [0, 0.1) is 5.82 Å². The number of nitrogens with zero attached hydrogens (tertiary/aromatic N) is 3. The fraction of sp³-hybridized carbons (Fsp3) is 0.333. The first-order chi connectivity index (χ1) is 8.61. The first kappa shape index (κ1) is 12.8. The van der Waals surface area contributed by atoms with E-state index in [4.69, 9.17) is 16.0 Å². The lowest BCUT2D eigenvalue weighted by molar-refractivity contribution is 0.495. The van der Waals surface area contributed by atoms with Crippen molar-refractivity contribution in [2.45, 2.75) is 19.2 Å². The summed E-state index contributed by atoms with van der Waals surface area (Å²) in [4.78, 5) is 1.72. The number of rotatable bonds is 4. The van der Waals surface area contributed by atoms with Gasteiger partial charge < -0.3 is 4.42 Å². The Morgan fingerprint density at radius 2 is 2.22 bits per heavy atom. The lowest BCUT2D eigenvalue weighted by Gasteiger charge is -2.17. The number of anilines is 2. The number of halogens is 2. The summed E-state index contributed by atoms with van der Waals surface area (Å²) < 4.78 is 18.6. The van der Waals surface area contributed by atoms with Crippen LogP contribution in [0.1, 0.15) is 25.1 Å². The lowest BCUT2D eigenvalue weighted by atomic mass is 10.3. The molecule has 0 aliphatic heterocycles. The highest BCUT2D eigenvalue weighted by molar-refractivity contribution is 6.20. The Hall–Kier alpha value is -1.62. The van der Waals surface area contributed by atoms with Gasteiger partial charge in [-0.2, -0.15) is 0 Å². The van der Waals surface area contributed by atoms with Crippen LogP contribution in [-0.4, -0.2) is 16.7 Å². The van der Waals surface area contributed by atoms with E-state index in [1.165, 1.54) is 12.1 Å². The van der Waals surface area contributed by atoms with E-state index >= 15 is 0 Å². The van der Waals surface area contributed by atoms with Crippen LogP contribution in [0.15, 0.2) is 28.7 Å². The van der Waals surface area contributed by atoms with Crippen molar-refractivity contribution < 1.29 is 8.81 Å². The maximum atomic E-state index is 13.2. The molecule has 0 amide bonds. The van der Waals surface area contributed by atoms with E-state index in [0.717, 1.165) is 0 Å². The molecule has 1 atom stereocenters. The summed E-state index contributed by atoms with van der Waals surface area (Å²) in [6.07, 6.45) is 0. The molecule has 96 valence electrons. The van der Waals surface area contributed by atoms with Crippen molar-refractivity contribution in [3.05, 3.63) is 36.0 Å². The van der Waals surface area contributed by atoms with Gasteiger partial charge in [-0.05, 0) is 32.0 Å². The molecule has 0 fully saturated rings. The minimum absolute atomic E-state index is 0.309. The first-order valence-corrected chi connectivity index (χ1v) is 6.06. The van der Waals surface area contributed by atoms with Gasteiger partial charge >= 0.3 is 6.01 Å². The molecule has 4 nitrogen and oxygen atoms in total. The molecule has 0 N–H and O–H groups in total. The lowest BCUT2D eigenvalue weighted by Crippen LogP contribution is -2.16. The zero-order valence-corrected chi connectivity index (χ0v) is 10.9. The van der Waals surface area contributed by atoms with Crippen LogP contribution in [0.2, 0.25) is 0 Å². The average Bonchev–Trinajstić information content (AvgIpc) is 2.80. The Morgan fingerprint density at radius 1 is 1.44 bits per heavy atom. The van der Waals surface area contributed by atoms with Gasteiger partial charge in [0.1, 0.15) is 11.2 Å². The second-order valence-electron chi connectivity index (χ2n) is 3.76. The molecule has 0 saturated carbocycles. The molecule has 1 aromatic heterocycles. The third-order valence-corrected chi connectivity index (χ3v) is 2.62. The van der Waals surface area contributed by atoms with Crippen LogP contribution in [0.4, 0.5) is 16.1 Å². The topological polar surface area (TPSA) is 42.2 Å². The highest BCUT2D eigenvalue weighted by atomic mass is 35.5. The number of alkyl halides is 1. The predicted molar refractivity (Wildman–Crippen MR) is 67.6 cm³/mol. The average molecular weight is 270 g/mol. The summed E-state index contributed by atoms with van der Waals surface area (Å²) >= 11 is 5.86. The summed E-state index contributed by atoms with van der Waals surface area (Å²) in [6.45, 7) is 4.25. The Labute approximate surface area is 109 Å². The molecule has 0 aliphatic carbocycles. The molecule has 6 heteroatoms. The van der Waals surface area contributed by atoms with E-state index in [1.807, 2.05) is 6.92 Å². The Morgan fingerprint density at radius 3 is 2.78 bits per heavy atom. The van der Waals surface area contributed by atoms with Crippen LogP contribution < -0.4 is 4.90 Å². The number of hydrogen-bond acceptors (Lipinski definition) is 4. The van der Waals surface area contributed by atoms with Crippen molar-refractivity contribution in [2.24, 2.45) is 0 Å². The van der Waals surface area contributed by atoms with Gasteiger partial charge in [0, 0.05) is 12.2 Å². The summed E-state index contributed by atoms with van der Waals surface area (Å²) in [6, 6.07) is 6.52. The van der Waals surface area contributed by atoms with Gasteiger partial charge in [-0.25, -0.2) is 4.39 Å². The predicted octanol–water partition coefficient (Wildman–Crippen LogP) is 3.67. The fourth-order valence-corrected chi connectivity index (χ4v) is 1.66. The molecule has 0 saturated heterocycles. The van der Waals surface area contributed by atoms with Crippen molar-refractivity contribution in [2.75, 3.05) is 11.4 Å². The molecular weight excluding hydrogens is 257 g/mol.